The zero-order valence-corrected chi connectivity index (χ0v) is 29.1. The number of alkyl halides is 6. The normalized spacial score (nSPS) is 17.4. The molecule has 1 rings (SSSR count). The maximum absolute atomic E-state index is 12.4. The molecule has 0 amide bonds. The molecule has 0 aromatic heterocycles. The van der Waals surface area contributed by atoms with Crippen molar-refractivity contribution in [3.05, 3.63) is 0 Å². The number of hydrogen-bond donors (Lipinski definition) is 1. The molecule has 2 unspecified atom stereocenters. The van der Waals surface area contributed by atoms with E-state index in [4.69, 9.17) is 9.47 Å². The molecule has 1 N–H and O–H groups in total. The van der Waals surface area contributed by atoms with Gasteiger partial charge in [-0.2, -0.15) is 26.3 Å². The monoisotopic (exact) mass is 666 g/mol. The van der Waals surface area contributed by atoms with Crippen LogP contribution in [-0.2, 0) is 28.6 Å². The van der Waals surface area contributed by atoms with Crippen molar-refractivity contribution in [2.24, 2.45) is 16.2 Å². The summed E-state index contributed by atoms with van der Waals surface area (Å²) in [5, 5.41) is 9.28. The molecule has 0 aliphatic heterocycles. The van der Waals surface area contributed by atoms with Gasteiger partial charge in [-0.3, -0.25) is 14.4 Å². The van der Waals surface area contributed by atoms with E-state index < -0.39 is 59.9 Å². The number of halogens is 6. The molecular weight excluding hydrogens is 610 g/mol. The third kappa shape index (κ3) is 16.9. The third-order valence-electron chi connectivity index (χ3n) is 8.28. The minimum Gasteiger partial charge on any atom is -0.462 e. The van der Waals surface area contributed by atoms with Crippen molar-refractivity contribution in [2.75, 3.05) is 6.61 Å². The number of carbonyl (C=O) groups is 3. The van der Waals surface area contributed by atoms with Gasteiger partial charge in [0, 0.05) is 6.42 Å². The van der Waals surface area contributed by atoms with Crippen LogP contribution in [0.2, 0.25) is 0 Å². The van der Waals surface area contributed by atoms with E-state index in [0.717, 1.165) is 19.3 Å². The smallest absolute Gasteiger partial charge is 0.422 e. The van der Waals surface area contributed by atoms with Gasteiger partial charge in [-0.15, -0.1) is 0 Å². The van der Waals surface area contributed by atoms with Gasteiger partial charge >= 0.3 is 30.3 Å². The maximum atomic E-state index is 12.4. The minimum absolute atomic E-state index is 0.0376. The molecule has 268 valence electrons. The Morgan fingerprint density at radius 2 is 1.11 bits per heavy atom. The van der Waals surface area contributed by atoms with Crippen LogP contribution in [0.1, 0.15) is 134 Å². The highest BCUT2D eigenvalue weighted by Gasteiger charge is 2.51. The molecule has 1 aliphatic rings. The number of aliphatic hydroxyl groups is 1. The van der Waals surface area contributed by atoms with Crippen molar-refractivity contribution in [1.82, 2.24) is 0 Å². The van der Waals surface area contributed by atoms with E-state index in [1.165, 1.54) is 19.8 Å². The van der Waals surface area contributed by atoms with Gasteiger partial charge in [-0.05, 0) is 107 Å². The minimum atomic E-state index is -4.74. The van der Waals surface area contributed by atoms with Gasteiger partial charge in [0.1, 0.15) is 11.7 Å². The maximum Gasteiger partial charge on any atom is 0.422 e. The SMILES string of the molecule is CCC(C)(C)C(=O)OC(C)CC(C)(O)C(F)(F)F.CCC(C)(C)C(=O)OC1(C)CCCC1.CCC(C)(C)C(=O)OCC(F)(F)F. The standard InChI is InChI=1S/C12H21F3O3.C12H22O2.C8H13F3O2/c1-6-10(3,4)9(16)18-8(2)7-11(5,17)12(13,14)15;1-5-11(2,3)10(13)14-12(4)8-6-7-9-12;1-4-7(2,3)6(12)13-5-8(9,10)11/h8,17H,6-7H2,1-5H3;5-9H2,1-4H3;4-5H2,1-3H3. The van der Waals surface area contributed by atoms with Crippen molar-refractivity contribution in [3.8, 4) is 0 Å². The van der Waals surface area contributed by atoms with Crippen LogP contribution in [0.4, 0.5) is 26.3 Å². The molecule has 45 heavy (non-hydrogen) atoms. The average Bonchev–Trinajstić information content (AvgIpc) is 3.31. The second kappa shape index (κ2) is 17.2. The molecule has 0 saturated heterocycles. The first-order valence-electron chi connectivity index (χ1n) is 15.4. The summed E-state index contributed by atoms with van der Waals surface area (Å²) in [5.41, 5.74) is -4.94. The van der Waals surface area contributed by atoms with Crippen molar-refractivity contribution in [2.45, 2.75) is 164 Å². The van der Waals surface area contributed by atoms with E-state index in [1.807, 2.05) is 20.8 Å². The first-order valence-corrected chi connectivity index (χ1v) is 15.4. The van der Waals surface area contributed by atoms with E-state index >= 15 is 0 Å². The molecule has 1 saturated carbocycles. The van der Waals surface area contributed by atoms with Gasteiger partial charge in [0.05, 0.1) is 16.2 Å². The molecule has 2 atom stereocenters. The molecule has 0 radical (unpaired) electrons. The summed E-state index contributed by atoms with van der Waals surface area (Å²) in [4.78, 5) is 34.5. The summed E-state index contributed by atoms with van der Waals surface area (Å²) in [5.74, 6) is -1.41. The molecule has 0 aromatic carbocycles. The Labute approximate surface area is 265 Å². The number of esters is 3. The zero-order valence-electron chi connectivity index (χ0n) is 29.1. The van der Waals surface area contributed by atoms with Crippen LogP contribution < -0.4 is 0 Å². The zero-order chi connectivity index (χ0) is 36.3. The van der Waals surface area contributed by atoms with Crippen molar-refractivity contribution in [3.63, 3.8) is 0 Å². The number of ether oxygens (including phenoxy) is 3. The number of rotatable bonds is 11. The fraction of sp³-hybridized carbons (Fsp3) is 0.906. The number of carbonyl (C=O) groups excluding carboxylic acids is 3. The van der Waals surface area contributed by atoms with Crippen LogP contribution in [0.25, 0.3) is 0 Å². The Kier molecular flexibility index (Phi) is 17.2. The van der Waals surface area contributed by atoms with Crippen LogP contribution >= 0.6 is 0 Å². The van der Waals surface area contributed by atoms with Crippen molar-refractivity contribution >= 4 is 17.9 Å². The summed E-state index contributed by atoms with van der Waals surface area (Å²) in [7, 11) is 0. The molecule has 7 nitrogen and oxygen atoms in total. The van der Waals surface area contributed by atoms with Gasteiger partial charge in [-0.25, -0.2) is 0 Å². The van der Waals surface area contributed by atoms with E-state index in [-0.39, 0.29) is 17.0 Å². The quantitative estimate of drug-likeness (QED) is 0.134. The van der Waals surface area contributed by atoms with Crippen molar-refractivity contribution < 1.29 is 60.0 Å². The van der Waals surface area contributed by atoms with E-state index in [1.54, 1.807) is 41.5 Å². The van der Waals surface area contributed by atoms with Crippen LogP contribution in [0.5, 0.6) is 0 Å². The lowest BCUT2D eigenvalue weighted by atomic mass is 9.90. The highest BCUT2D eigenvalue weighted by Crippen LogP contribution is 2.36. The predicted molar refractivity (Wildman–Crippen MR) is 159 cm³/mol. The summed E-state index contributed by atoms with van der Waals surface area (Å²) in [6.07, 6.45) is -4.63. The second-order valence-electron chi connectivity index (χ2n) is 14.1. The van der Waals surface area contributed by atoms with Gasteiger partial charge in [0.25, 0.3) is 0 Å². The van der Waals surface area contributed by atoms with Gasteiger partial charge < -0.3 is 19.3 Å². The molecule has 1 fully saturated rings. The lowest BCUT2D eigenvalue weighted by Crippen LogP contribution is -2.45. The first kappa shape index (κ1) is 45.1. The predicted octanol–water partition coefficient (Wildman–Crippen LogP) is 8.88. The Morgan fingerprint density at radius 3 is 1.47 bits per heavy atom. The Balaban J connectivity index is 0. The lowest BCUT2D eigenvalue weighted by Gasteiger charge is -2.30. The van der Waals surface area contributed by atoms with Crippen LogP contribution in [-0.4, -0.2) is 59.3 Å². The molecule has 0 heterocycles. The molecule has 1 aliphatic carbocycles. The fourth-order valence-electron chi connectivity index (χ4n) is 3.42. The van der Waals surface area contributed by atoms with E-state index in [2.05, 4.69) is 11.7 Å². The lowest BCUT2D eigenvalue weighted by molar-refractivity contribution is -0.261. The van der Waals surface area contributed by atoms with E-state index in [0.29, 0.717) is 19.8 Å². The highest BCUT2D eigenvalue weighted by atomic mass is 19.4. The summed E-state index contributed by atoms with van der Waals surface area (Å²) < 4.78 is 86.9. The second-order valence-corrected chi connectivity index (χ2v) is 14.1. The third-order valence-corrected chi connectivity index (χ3v) is 8.28. The summed E-state index contributed by atoms with van der Waals surface area (Å²) >= 11 is 0. The molecule has 0 bridgehead atoms. The summed E-state index contributed by atoms with van der Waals surface area (Å²) in [6.45, 7) is 18.4. The molecule has 13 heteroatoms. The van der Waals surface area contributed by atoms with Crippen LogP contribution in [0.15, 0.2) is 0 Å². The Hall–Kier alpha value is -2.05. The molecule has 0 spiro atoms. The first-order chi connectivity index (χ1) is 19.9. The van der Waals surface area contributed by atoms with Gasteiger partial charge in [0.2, 0.25) is 0 Å². The van der Waals surface area contributed by atoms with Crippen LogP contribution in [0, 0.1) is 16.2 Å². The average molecular weight is 667 g/mol. The number of hydrogen-bond acceptors (Lipinski definition) is 7. The topological polar surface area (TPSA) is 99.1 Å². The largest absolute Gasteiger partial charge is 0.462 e. The molecular formula is C32H56F6O7. The van der Waals surface area contributed by atoms with Gasteiger partial charge in [-0.1, -0.05) is 20.8 Å². The van der Waals surface area contributed by atoms with Crippen molar-refractivity contribution in [1.29, 1.82) is 0 Å². The summed E-state index contributed by atoms with van der Waals surface area (Å²) in [6, 6.07) is 0. The van der Waals surface area contributed by atoms with E-state index in [9.17, 15) is 45.8 Å². The molecule has 0 aromatic rings. The highest BCUT2D eigenvalue weighted by molar-refractivity contribution is 5.76. The fourth-order valence-corrected chi connectivity index (χ4v) is 3.42. The Bertz CT molecular complexity index is 931. The van der Waals surface area contributed by atoms with Crippen LogP contribution in [0.3, 0.4) is 0 Å². The van der Waals surface area contributed by atoms with Gasteiger partial charge in [0.15, 0.2) is 12.2 Å². The Morgan fingerprint density at radius 1 is 0.733 bits per heavy atom.